The minimum atomic E-state index is -4.13. The molecule has 11 heteroatoms. The maximum atomic E-state index is 16.2. The molecule has 0 spiro atoms. The maximum absolute atomic E-state index is 16.2. The number of fused-ring (bicyclic) bond motifs is 4. The highest BCUT2D eigenvalue weighted by Crippen LogP contribution is 2.38. The molecular formula is C36H43FN6O3S. The Hall–Kier alpha value is -4.12. The molecule has 6 rings (SSSR count). The summed E-state index contributed by atoms with van der Waals surface area (Å²) in [5.74, 6) is -0.694. The van der Waals surface area contributed by atoms with Crippen LogP contribution in [0.2, 0.25) is 0 Å². The van der Waals surface area contributed by atoms with E-state index in [0.717, 1.165) is 48.3 Å². The van der Waals surface area contributed by atoms with Gasteiger partial charge in [0.25, 0.3) is 15.9 Å². The van der Waals surface area contributed by atoms with E-state index in [9.17, 15) is 8.42 Å². The highest BCUT2D eigenvalue weighted by molar-refractivity contribution is 7.92. The van der Waals surface area contributed by atoms with Crippen LogP contribution in [0.3, 0.4) is 0 Å². The van der Waals surface area contributed by atoms with Crippen LogP contribution in [0.15, 0.2) is 59.8 Å². The number of aromatic nitrogens is 4. The Balaban J connectivity index is 1.41. The van der Waals surface area contributed by atoms with Gasteiger partial charge >= 0.3 is 0 Å². The topological polar surface area (TPSA) is 110 Å². The van der Waals surface area contributed by atoms with Crippen LogP contribution < -0.4 is 14.4 Å². The summed E-state index contributed by atoms with van der Waals surface area (Å²) < 4.78 is 52.4. The summed E-state index contributed by atoms with van der Waals surface area (Å²) in [5, 5.41) is 0. The van der Waals surface area contributed by atoms with E-state index in [4.69, 9.17) is 14.7 Å². The van der Waals surface area contributed by atoms with Crippen LogP contribution in [0, 0.1) is 36.9 Å². The zero-order valence-electron chi connectivity index (χ0n) is 27.9. The molecule has 1 fully saturated rings. The van der Waals surface area contributed by atoms with Crippen molar-refractivity contribution in [3.8, 4) is 17.1 Å². The fraction of sp³-hybridized carbons (Fsp3) is 0.444. The van der Waals surface area contributed by atoms with Crippen molar-refractivity contribution >= 4 is 21.7 Å². The second-order valence-electron chi connectivity index (χ2n) is 14.2. The lowest BCUT2D eigenvalue weighted by Gasteiger charge is -2.29. The molecule has 0 aliphatic carbocycles. The van der Waals surface area contributed by atoms with Crippen molar-refractivity contribution in [2.45, 2.75) is 71.6 Å². The normalized spacial score (nSPS) is 20.2. The van der Waals surface area contributed by atoms with E-state index in [1.54, 1.807) is 18.2 Å². The van der Waals surface area contributed by atoms with Crippen LogP contribution in [-0.4, -0.2) is 48.1 Å². The molecule has 4 aromatic rings. The van der Waals surface area contributed by atoms with Crippen LogP contribution in [-0.2, 0) is 16.4 Å². The predicted molar refractivity (Wildman–Crippen MR) is 182 cm³/mol. The summed E-state index contributed by atoms with van der Waals surface area (Å²) >= 11 is 0. The molecule has 1 N–H and O–H groups in total. The standard InChI is InChI=1S/C36H43FN6O3S/c1-22(2)15-26-20-46-34-32(37)33(31-23(3)9-7-10-24(31)4)40-35(41-34)42-47(44,45)28-12-8-11-25(16-28)29(26)17-30-38-18-27(19-39-30)43-14-13-36(5,6)21-43/h7-12,16,18-19,22,26,29H,13-15,17,20-21H2,1-6H3,(H,40,41,42)/t26-,29?/m1/s1. The summed E-state index contributed by atoms with van der Waals surface area (Å²) in [6.07, 6.45) is 6.07. The van der Waals surface area contributed by atoms with Crippen LogP contribution in [0.25, 0.3) is 11.3 Å². The first-order chi connectivity index (χ1) is 22.3. The van der Waals surface area contributed by atoms with Gasteiger partial charge in [-0.05, 0) is 72.8 Å². The van der Waals surface area contributed by atoms with Crippen molar-refractivity contribution < 1.29 is 17.5 Å². The number of hydrogen-bond acceptors (Lipinski definition) is 8. The van der Waals surface area contributed by atoms with Crippen LogP contribution >= 0.6 is 0 Å². The average Bonchev–Trinajstić information content (AvgIpc) is 3.38. The highest BCUT2D eigenvalue weighted by atomic mass is 32.2. The van der Waals surface area contributed by atoms with Gasteiger partial charge in [0.1, 0.15) is 11.5 Å². The second kappa shape index (κ2) is 12.8. The number of sulfonamides is 1. The fourth-order valence-corrected chi connectivity index (χ4v) is 7.85. The number of nitrogens with zero attached hydrogens (tertiary/aromatic N) is 5. The van der Waals surface area contributed by atoms with Crippen molar-refractivity contribution in [1.29, 1.82) is 0 Å². The molecule has 1 unspecified atom stereocenters. The minimum Gasteiger partial charge on any atom is -0.475 e. The van der Waals surface area contributed by atoms with E-state index in [1.807, 2.05) is 50.5 Å². The van der Waals surface area contributed by atoms with Gasteiger partial charge in [0, 0.05) is 31.0 Å². The van der Waals surface area contributed by atoms with Gasteiger partial charge in [0.15, 0.2) is 0 Å². The van der Waals surface area contributed by atoms with E-state index >= 15 is 4.39 Å². The third-order valence-corrected chi connectivity index (χ3v) is 10.6. The molecule has 2 aromatic heterocycles. The van der Waals surface area contributed by atoms with Crippen molar-refractivity contribution in [3.63, 3.8) is 0 Å². The first-order valence-electron chi connectivity index (χ1n) is 16.3. The second-order valence-corrected chi connectivity index (χ2v) is 15.8. The number of rotatable bonds is 6. The SMILES string of the molecule is Cc1cccc(C)c1-c1nc2nc(c1F)OC[C@@H](CC(C)C)C(Cc1ncc(N3CCC(C)(C)C3)cn1)c1cccc(c1)S(=O)(=O)N2. The molecule has 47 heavy (non-hydrogen) atoms. The number of nitrogens with one attached hydrogen (secondary N) is 1. The number of aryl methyl sites for hydroxylation is 2. The van der Waals surface area contributed by atoms with Gasteiger partial charge < -0.3 is 9.64 Å². The van der Waals surface area contributed by atoms with E-state index < -0.39 is 15.8 Å². The number of ether oxygens (including phenoxy) is 1. The fourth-order valence-electron chi connectivity index (χ4n) is 6.86. The molecule has 0 amide bonds. The number of hydrogen-bond donors (Lipinski definition) is 1. The lowest BCUT2D eigenvalue weighted by Crippen LogP contribution is -2.27. The van der Waals surface area contributed by atoms with E-state index in [0.29, 0.717) is 17.8 Å². The Labute approximate surface area is 277 Å². The Morgan fingerprint density at radius 3 is 2.43 bits per heavy atom. The molecule has 2 aromatic carbocycles. The van der Waals surface area contributed by atoms with Gasteiger partial charge in [-0.3, -0.25) is 0 Å². The van der Waals surface area contributed by atoms with E-state index in [2.05, 4.69) is 47.3 Å². The number of anilines is 2. The minimum absolute atomic E-state index is 0.0130. The molecule has 2 aliphatic rings. The van der Waals surface area contributed by atoms with Crippen LogP contribution in [0.5, 0.6) is 5.88 Å². The van der Waals surface area contributed by atoms with Crippen molar-refractivity contribution in [2.75, 3.05) is 29.3 Å². The molecule has 1 saturated heterocycles. The van der Waals surface area contributed by atoms with Crippen molar-refractivity contribution in [3.05, 3.63) is 83.2 Å². The number of halogens is 1. The van der Waals surface area contributed by atoms with Crippen molar-refractivity contribution in [2.24, 2.45) is 17.3 Å². The summed E-state index contributed by atoms with van der Waals surface area (Å²) in [6, 6.07) is 12.5. The van der Waals surface area contributed by atoms with Gasteiger partial charge in [-0.2, -0.15) is 9.37 Å². The van der Waals surface area contributed by atoms with Crippen LogP contribution in [0.1, 0.15) is 69.0 Å². The van der Waals surface area contributed by atoms with Crippen LogP contribution in [0.4, 0.5) is 16.0 Å². The smallest absolute Gasteiger partial charge is 0.264 e. The summed E-state index contributed by atoms with van der Waals surface area (Å²) in [7, 11) is -4.13. The number of benzene rings is 2. The summed E-state index contributed by atoms with van der Waals surface area (Å²) in [4.78, 5) is 20.5. The Kier molecular flexibility index (Phi) is 8.95. The maximum Gasteiger partial charge on any atom is 0.264 e. The lowest BCUT2D eigenvalue weighted by molar-refractivity contribution is 0.186. The molecular weight excluding hydrogens is 616 g/mol. The first-order valence-corrected chi connectivity index (χ1v) is 17.7. The zero-order chi connectivity index (χ0) is 33.5. The van der Waals surface area contributed by atoms with Crippen molar-refractivity contribution in [1.82, 2.24) is 19.9 Å². The monoisotopic (exact) mass is 658 g/mol. The molecule has 4 heterocycles. The van der Waals surface area contributed by atoms with E-state index in [-0.39, 0.29) is 52.2 Å². The average molecular weight is 659 g/mol. The summed E-state index contributed by atoms with van der Waals surface area (Å²) in [5.41, 5.74) is 4.22. The highest BCUT2D eigenvalue weighted by Gasteiger charge is 2.32. The molecule has 2 aliphatic heterocycles. The molecule has 2 atom stereocenters. The molecule has 248 valence electrons. The van der Waals surface area contributed by atoms with Gasteiger partial charge in [0.2, 0.25) is 11.8 Å². The Bertz CT molecular complexity index is 1860. The molecule has 4 bridgehead atoms. The predicted octanol–water partition coefficient (Wildman–Crippen LogP) is 7.11. The molecule has 0 saturated carbocycles. The summed E-state index contributed by atoms with van der Waals surface area (Å²) in [6.45, 7) is 14.6. The zero-order valence-corrected chi connectivity index (χ0v) is 28.7. The van der Waals surface area contributed by atoms with E-state index in [1.165, 1.54) is 0 Å². The molecule has 0 radical (unpaired) electrons. The van der Waals surface area contributed by atoms with Gasteiger partial charge in [0.05, 0.1) is 29.6 Å². The third-order valence-electron chi connectivity index (χ3n) is 9.27. The largest absolute Gasteiger partial charge is 0.475 e. The quantitative estimate of drug-likeness (QED) is 0.234. The van der Waals surface area contributed by atoms with Gasteiger partial charge in [-0.1, -0.05) is 58.0 Å². The Morgan fingerprint density at radius 2 is 1.77 bits per heavy atom. The Morgan fingerprint density at radius 1 is 1.06 bits per heavy atom. The van der Waals surface area contributed by atoms with Gasteiger partial charge in [-0.15, -0.1) is 0 Å². The molecule has 9 nitrogen and oxygen atoms in total. The van der Waals surface area contributed by atoms with Gasteiger partial charge in [-0.25, -0.2) is 28.1 Å². The third kappa shape index (κ3) is 7.10. The first kappa shape index (κ1) is 32.8. The lowest BCUT2D eigenvalue weighted by atomic mass is 9.79.